The first kappa shape index (κ1) is 12.3. The van der Waals surface area contributed by atoms with E-state index in [-0.39, 0.29) is 5.54 Å². The summed E-state index contributed by atoms with van der Waals surface area (Å²) in [6.45, 7) is 11.7. The van der Waals surface area contributed by atoms with Crippen molar-refractivity contribution in [2.45, 2.75) is 59.0 Å². The highest BCUT2D eigenvalue weighted by atomic mass is 15.3. The average molecular weight is 211 g/mol. The van der Waals surface area contributed by atoms with Crippen LogP contribution in [0.1, 0.15) is 47.5 Å². The lowest BCUT2D eigenvalue weighted by atomic mass is 10.1. The number of guanidine groups is 1. The highest BCUT2D eigenvalue weighted by molar-refractivity contribution is 5.78. The Hall–Kier alpha value is -0.730. The summed E-state index contributed by atoms with van der Waals surface area (Å²) in [5.41, 5.74) is 5.97. The van der Waals surface area contributed by atoms with Crippen molar-refractivity contribution in [2.24, 2.45) is 16.6 Å². The van der Waals surface area contributed by atoms with Crippen LogP contribution in [-0.2, 0) is 0 Å². The molecule has 0 saturated heterocycles. The van der Waals surface area contributed by atoms with Crippen molar-refractivity contribution >= 4 is 5.96 Å². The van der Waals surface area contributed by atoms with E-state index in [0.29, 0.717) is 12.0 Å². The van der Waals surface area contributed by atoms with Crippen LogP contribution in [0.25, 0.3) is 0 Å². The van der Waals surface area contributed by atoms with Crippen LogP contribution >= 0.6 is 0 Å². The van der Waals surface area contributed by atoms with Gasteiger partial charge in [0.25, 0.3) is 0 Å². The summed E-state index contributed by atoms with van der Waals surface area (Å²) >= 11 is 0. The van der Waals surface area contributed by atoms with Crippen LogP contribution in [0.4, 0.5) is 0 Å². The second-order valence-electron chi connectivity index (χ2n) is 5.83. The Bertz CT molecular complexity index is 234. The molecule has 2 N–H and O–H groups in total. The summed E-state index contributed by atoms with van der Waals surface area (Å²) in [7, 11) is 0. The lowest BCUT2D eigenvalue weighted by molar-refractivity contribution is 0.327. The van der Waals surface area contributed by atoms with Crippen molar-refractivity contribution in [3.63, 3.8) is 0 Å². The molecule has 0 unspecified atom stereocenters. The summed E-state index contributed by atoms with van der Waals surface area (Å²) in [6.07, 6.45) is 2.71. The van der Waals surface area contributed by atoms with Gasteiger partial charge in [0.15, 0.2) is 5.96 Å². The smallest absolute Gasteiger partial charge is 0.192 e. The molecule has 1 rings (SSSR count). The predicted molar refractivity (Wildman–Crippen MR) is 65.9 cm³/mol. The third-order valence-electron chi connectivity index (χ3n) is 2.52. The van der Waals surface area contributed by atoms with E-state index < -0.39 is 0 Å². The van der Waals surface area contributed by atoms with E-state index in [1.807, 2.05) is 0 Å². The Morgan fingerprint density at radius 1 is 1.40 bits per heavy atom. The molecule has 1 aliphatic carbocycles. The Morgan fingerprint density at radius 2 is 1.93 bits per heavy atom. The van der Waals surface area contributed by atoms with Crippen molar-refractivity contribution in [1.29, 1.82) is 0 Å². The van der Waals surface area contributed by atoms with Crippen molar-refractivity contribution in [3.8, 4) is 0 Å². The molecule has 0 aromatic rings. The van der Waals surface area contributed by atoms with E-state index in [9.17, 15) is 0 Å². The van der Waals surface area contributed by atoms with Gasteiger partial charge in [-0.2, -0.15) is 0 Å². The standard InChI is InChI=1S/C12H25N3/c1-9(2)15(8-10-6-7-10)11(13)14-12(3,4)5/h9-10H,6-8H2,1-5H3,(H2,13,14). The van der Waals surface area contributed by atoms with E-state index in [1.165, 1.54) is 12.8 Å². The molecule has 0 radical (unpaired) electrons. The summed E-state index contributed by atoms with van der Waals surface area (Å²) in [6, 6.07) is 0.441. The molecular weight excluding hydrogens is 186 g/mol. The zero-order chi connectivity index (χ0) is 11.6. The maximum absolute atomic E-state index is 6.06. The number of hydrogen-bond acceptors (Lipinski definition) is 1. The van der Waals surface area contributed by atoms with Crippen LogP contribution in [0.3, 0.4) is 0 Å². The predicted octanol–water partition coefficient (Wildman–Crippen LogP) is 2.22. The molecule has 0 aromatic heterocycles. The van der Waals surface area contributed by atoms with Gasteiger partial charge in [0.2, 0.25) is 0 Å². The summed E-state index contributed by atoms with van der Waals surface area (Å²) in [5.74, 6) is 1.55. The van der Waals surface area contributed by atoms with E-state index in [1.54, 1.807) is 0 Å². The van der Waals surface area contributed by atoms with Gasteiger partial charge in [0.05, 0.1) is 5.54 Å². The molecule has 0 aromatic carbocycles. The van der Waals surface area contributed by atoms with Crippen molar-refractivity contribution in [1.82, 2.24) is 4.90 Å². The first-order valence-corrected chi connectivity index (χ1v) is 5.91. The molecule has 0 amide bonds. The number of hydrogen-bond donors (Lipinski definition) is 1. The van der Waals surface area contributed by atoms with Crippen molar-refractivity contribution in [3.05, 3.63) is 0 Å². The van der Waals surface area contributed by atoms with Gasteiger partial charge < -0.3 is 10.6 Å². The maximum atomic E-state index is 6.06. The van der Waals surface area contributed by atoms with Gasteiger partial charge in [0, 0.05) is 12.6 Å². The van der Waals surface area contributed by atoms with Crippen LogP contribution in [-0.4, -0.2) is 29.0 Å². The maximum Gasteiger partial charge on any atom is 0.192 e. The first-order chi connectivity index (χ1) is 6.79. The van der Waals surface area contributed by atoms with Crippen LogP contribution in [0.2, 0.25) is 0 Å². The summed E-state index contributed by atoms with van der Waals surface area (Å²) in [5, 5.41) is 0. The Labute approximate surface area is 93.7 Å². The van der Waals surface area contributed by atoms with Gasteiger partial charge in [-0.05, 0) is 53.4 Å². The molecule has 3 nitrogen and oxygen atoms in total. The Morgan fingerprint density at radius 3 is 2.27 bits per heavy atom. The zero-order valence-electron chi connectivity index (χ0n) is 10.7. The van der Waals surface area contributed by atoms with Gasteiger partial charge in [-0.25, -0.2) is 4.99 Å². The van der Waals surface area contributed by atoms with Crippen LogP contribution in [0, 0.1) is 5.92 Å². The third-order valence-corrected chi connectivity index (χ3v) is 2.52. The zero-order valence-corrected chi connectivity index (χ0v) is 10.7. The molecule has 15 heavy (non-hydrogen) atoms. The summed E-state index contributed by atoms with van der Waals surface area (Å²) in [4.78, 5) is 6.76. The fraction of sp³-hybridized carbons (Fsp3) is 0.917. The highest BCUT2D eigenvalue weighted by Gasteiger charge is 2.27. The lowest BCUT2D eigenvalue weighted by Crippen LogP contribution is -2.44. The van der Waals surface area contributed by atoms with Gasteiger partial charge in [-0.1, -0.05) is 0 Å². The van der Waals surface area contributed by atoms with E-state index in [2.05, 4.69) is 44.5 Å². The second-order valence-corrected chi connectivity index (χ2v) is 5.83. The molecule has 0 heterocycles. The molecule has 1 aliphatic rings. The van der Waals surface area contributed by atoms with Crippen LogP contribution in [0.15, 0.2) is 4.99 Å². The minimum Gasteiger partial charge on any atom is -0.370 e. The summed E-state index contributed by atoms with van der Waals surface area (Å²) < 4.78 is 0. The minimum absolute atomic E-state index is 0.0826. The average Bonchev–Trinajstić information content (AvgIpc) is 2.78. The van der Waals surface area contributed by atoms with E-state index in [0.717, 1.165) is 12.5 Å². The molecule has 1 saturated carbocycles. The fourth-order valence-corrected chi connectivity index (χ4v) is 1.56. The van der Waals surface area contributed by atoms with Gasteiger partial charge in [0.1, 0.15) is 0 Å². The molecular formula is C12H25N3. The molecule has 0 spiro atoms. The lowest BCUT2D eigenvalue weighted by Gasteiger charge is -2.29. The van der Waals surface area contributed by atoms with Crippen LogP contribution in [0.5, 0.6) is 0 Å². The molecule has 3 heteroatoms. The monoisotopic (exact) mass is 211 g/mol. The Balaban J connectivity index is 2.65. The SMILES string of the molecule is CC(C)N(CC1CC1)C(N)=NC(C)(C)C. The topological polar surface area (TPSA) is 41.6 Å². The molecule has 0 atom stereocenters. The van der Waals surface area contributed by atoms with Gasteiger partial charge in [-0.15, -0.1) is 0 Å². The quantitative estimate of drug-likeness (QED) is 0.574. The molecule has 1 fully saturated rings. The van der Waals surface area contributed by atoms with Crippen molar-refractivity contribution in [2.75, 3.05) is 6.54 Å². The number of nitrogens with two attached hydrogens (primary N) is 1. The molecule has 0 aliphatic heterocycles. The minimum atomic E-state index is -0.0826. The highest BCUT2D eigenvalue weighted by Crippen LogP contribution is 2.30. The van der Waals surface area contributed by atoms with Crippen LogP contribution < -0.4 is 5.73 Å². The fourth-order valence-electron chi connectivity index (χ4n) is 1.56. The first-order valence-electron chi connectivity index (χ1n) is 5.91. The number of nitrogens with zero attached hydrogens (tertiary/aromatic N) is 2. The largest absolute Gasteiger partial charge is 0.370 e. The van der Waals surface area contributed by atoms with E-state index in [4.69, 9.17) is 5.73 Å². The normalized spacial score (nSPS) is 18.4. The van der Waals surface area contributed by atoms with E-state index >= 15 is 0 Å². The number of aliphatic imine (C=N–C) groups is 1. The van der Waals surface area contributed by atoms with Gasteiger partial charge in [-0.3, -0.25) is 0 Å². The molecule has 88 valence electrons. The third kappa shape index (κ3) is 4.54. The second kappa shape index (κ2) is 4.42. The van der Waals surface area contributed by atoms with Gasteiger partial charge >= 0.3 is 0 Å². The number of rotatable bonds is 3. The Kier molecular flexibility index (Phi) is 3.63. The van der Waals surface area contributed by atoms with Crippen molar-refractivity contribution < 1.29 is 0 Å². The molecule has 0 bridgehead atoms.